The molecule has 0 saturated heterocycles. The molecule has 0 aromatic heterocycles. The molecule has 0 aliphatic carbocycles. The first-order valence-electron chi connectivity index (χ1n) is 19.7. The van der Waals surface area contributed by atoms with Crippen LogP contribution in [0.25, 0.3) is 0 Å². The summed E-state index contributed by atoms with van der Waals surface area (Å²) in [7, 11) is 0. The first-order valence-corrected chi connectivity index (χ1v) is 19.7. The molecule has 0 saturated carbocycles. The normalized spacial score (nSPS) is 12.2. The molecule has 44 heavy (non-hydrogen) atoms. The van der Waals surface area contributed by atoms with Crippen LogP contribution in [0.3, 0.4) is 0 Å². The van der Waals surface area contributed by atoms with Crippen molar-refractivity contribution < 1.29 is 19.4 Å². The standard InChI is InChI=1S/C40H76O4/c1-3-5-7-8-9-10-11-12-13-14-15-16-17-18-19-20-21-22-27-30-33-37-40(43)44-38(34-6-4-2)35-31-28-25-23-24-26-29-32-36-39(41)42/h12-13,38H,3-11,14-37H2,1-2H3,(H,41,42)/b13-12-. The Hall–Kier alpha value is -1.32. The number of allylic oxidation sites excluding steroid dienone is 2. The highest BCUT2D eigenvalue weighted by Gasteiger charge is 2.14. The average molecular weight is 621 g/mol. The van der Waals surface area contributed by atoms with Gasteiger partial charge in [0.05, 0.1) is 0 Å². The van der Waals surface area contributed by atoms with E-state index in [0.717, 1.165) is 64.2 Å². The molecule has 1 unspecified atom stereocenters. The lowest BCUT2D eigenvalue weighted by atomic mass is 10.0. The maximum atomic E-state index is 12.5. The van der Waals surface area contributed by atoms with E-state index < -0.39 is 5.97 Å². The Labute approximate surface area is 275 Å². The molecule has 0 bridgehead atoms. The number of carbonyl (C=O) groups is 2. The minimum absolute atomic E-state index is 0.0146. The van der Waals surface area contributed by atoms with Crippen molar-refractivity contribution in [3.8, 4) is 0 Å². The summed E-state index contributed by atoms with van der Waals surface area (Å²) in [5, 5.41) is 8.69. The number of unbranched alkanes of at least 4 members (excludes halogenated alkanes) is 25. The number of hydrogen-bond donors (Lipinski definition) is 1. The summed E-state index contributed by atoms with van der Waals surface area (Å²) in [5.74, 6) is -0.668. The van der Waals surface area contributed by atoms with Crippen molar-refractivity contribution in [1.82, 2.24) is 0 Å². The summed E-state index contributed by atoms with van der Waals surface area (Å²) in [5.41, 5.74) is 0. The van der Waals surface area contributed by atoms with Gasteiger partial charge in [0.25, 0.3) is 0 Å². The van der Waals surface area contributed by atoms with Gasteiger partial charge in [0.2, 0.25) is 0 Å². The van der Waals surface area contributed by atoms with Crippen LogP contribution in [0.5, 0.6) is 0 Å². The zero-order chi connectivity index (χ0) is 32.2. The van der Waals surface area contributed by atoms with Crippen LogP contribution in [-0.2, 0) is 14.3 Å². The molecule has 0 heterocycles. The first kappa shape index (κ1) is 42.7. The molecule has 0 aromatic rings. The van der Waals surface area contributed by atoms with E-state index in [9.17, 15) is 9.59 Å². The summed E-state index contributed by atoms with van der Waals surface area (Å²) in [4.78, 5) is 23.0. The second-order valence-corrected chi connectivity index (χ2v) is 13.5. The summed E-state index contributed by atoms with van der Waals surface area (Å²) in [6.07, 6.45) is 44.3. The molecular formula is C40H76O4. The van der Waals surface area contributed by atoms with Crippen molar-refractivity contribution in [1.29, 1.82) is 0 Å². The van der Waals surface area contributed by atoms with E-state index in [2.05, 4.69) is 26.0 Å². The number of hydrogen-bond acceptors (Lipinski definition) is 3. The molecule has 0 aromatic carbocycles. The van der Waals surface area contributed by atoms with Crippen LogP contribution >= 0.6 is 0 Å². The van der Waals surface area contributed by atoms with Gasteiger partial charge in [-0.15, -0.1) is 0 Å². The predicted molar refractivity (Wildman–Crippen MR) is 190 cm³/mol. The van der Waals surface area contributed by atoms with Crippen LogP contribution in [0.15, 0.2) is 12.2 Å². The second-order valence-electron chi connectivity index (χ2n) is 13.5. The highest BCUT2D eigenvalue weighted by Crippen LogP contribution is 2.18. The van der Waals surface area contributed by atoms with Gasteiger partial charge in [0.15, 0.2) is 0 Å². The van der Waals surface area contributed by atoms with E-state index in [4.69, 9.17) is 9.84 Å². The number of carbonyl (C=O) groups excluding carboxylic acids is 1. The number of carboxylic acids is 1. The number of ether oxygens (including phenoxy) is 1. The van der Waals surface area contributed by atoms with Crippen LogP contribution < -0.4 is 0 Å². The summed E-state index contributed by atoms with van der Waals surface area (Å²) in [6, 6.07) is 0. The molecule has 0 aliphatic rings. The smallest absolute Gasteiger partial charge is 0.306 e. The third-order valence-corrected chi connectivity index (χ3v) is 8.99. The lowest BCUT2D eigenvalue weighted by molar-refractivity contribution is -0.150. The molecule has 0 radical (unpaired) electrons. The largest absolute Gasteiger partial charge is 0.481 e. The highest BCUT2D eigenvalue weighted by molar-refractivity contribution is 5.69. The Kier molecular flexibility index (Phi) is 35.1. The van der Waals surface area contributed by atoms with E-state index in [1.54, 1.807) is 0 Å². The zero-order valence-electron chi connectivity index (χ0n) is 29.7. The van der Waals surface area contributed by atoms with Gasteiger partial charge in [-0.1, -0.05) is 167 Å². The third-order valence-electron chi connectivity index (χ3n) is 8.99. The van der Waals surface area contributed by atoms with Crippen LogP contribution in [0.2, 0.25) is 0 Å². The molecule has 0 rings (SSSR count). The SMILES string of the molecule is CCCCCCCC/C=C\CCCCCCCCCCCCCC(=O)OC(CCCC)CCCCCCCCCCC(=O)O. The molecular weight excluding hydrogens is 544 g/mol. The Morgan fingerprint density at radius 3 is 1.30 bits per heavy atom. The van der Waals surface area contributed by atoms with E-state index >= 15 is 0 Å². The van der Waals surface area contributed by atoms with Gasteiger partial charge in [-0.05, 0) is 57.8 Å². The summed E-state index contributed by atoms with van der Waals surface area (Å²) in [6.45, 7) is 4.48. The number of aliphatic carboxylic acids is 1. The van der Waals surface area contributed by atoms with Crippen molar-refractivity contribution in [3.63, 3.8) is 0 Å². The molecule has 1 atom stereocenters. The predicted octanol–water partition coefficient (Wildman–Crippen LogP) is 13.5. The van der Waals surface area contributed by atoms with Crippen LogP contribution in [0, 0.1) is 0 Å². The van der Waals surface area contributed by atoms with Gasteiger partial charge in [-0.25, -0.2) is 0 Å². The Morgan fingerprint density at radius 1 is 0.477 bits per heavy atom. The van der Waals surface area contributed by atoms with E-state index in [-0.39, 0.29) is 12.1 Å². The minimum atomic E-state index is -0.683. The van der Waals surface area contributed by atoms with Crippen molar-refractivity contribution in [2.24, 2.45) is 0 Å². The molecule has 0 aliphatic heterocycles. The number of carboxylic acid groups (broad SMARTS) is 1. The molecule has 4 heteroatoms. The third kappa shape index (κ3) is 35.2. The van der Waals surface area contributed by atoms with E-state index in [0.29, 0.717) is 12.8 Å². The molecule has 0 amide bonds. The van der Waals surface area contributed by atoms with Crippen molar-refractivity contribution in [3.05, 3.63) is 12.2 Å². The van der Waals surface area contributed by atoms with Gasteiger partial charge in [-0.2, -0.15) is 0 Å². The fourth-order valence-electron chi connectivity index (χ4n) is 6.05. The van der Waals surface area contributed by atoms with Gasteiger partial charge < -0.3 is 9.84 Å². The van der Waals surface area contributed by atoms with Gasteiger partial charge >= 0.3 is 11.9 Å². The molecule has 1 N–H and O–H groups in total. The van der Waals surface area contributed by atoms with Gasteiger partial charge in [-0.3, -0.25) is 9.59 Å². The minimum Gasteiger partial charge on any atom is -0.481 e. The lowest BCUT2D eigenvalue weighted by Crippen LogP contribution is -2.18. The van der Waals surface area contributed by atoms with Crippen molar-refractivity contribution in [2.45, 2.75) is 232 Å². The second kappa shape index (κ2) is 36.2. The van der Waals surface area contributed by atoms with Crippen LogP contribution in [0.1, 0.15) is 226 Å². The fourth-order valence-corrected chi connectivity index (χ4v) is 6.05. The molecule has 4 nitrogen and oxygen atoms in total. The highest BCUT2D eigenvalue weighted by atomic mass is 16.5. The van der Waals surface area contributed by atoms with Crippen molar-refractivity contribution >= 4 is 11.9 Å². The maximum absolute atomic E-state index is 12.5. The monoisotopic (exact) mass is 621 g/mol. The van der Waals surface area contributed by atoms with Crippen molar-refractivity contribution in [2.75, 3.05) is 0 Å². The van der Waals surface area contributed by atoms with Crippen LogP contribution in [-0.4, -0.2) is 23.1 Å². The lowest BCUT2D eigenvalue weighted by Gasteiger charge is -2.18. The summed E-state index contributed by atoms with van der Waals surface area (Å²) >= 11 is 0. The fraction of sp³-hybridized carbons (Fsp3) is 0.900. The first-order chi connectivity index (χ1) is 21.6. The number of esters is 1. The van der Waals surface area contributed by atoms with E-state index in [1.165, 1.54) is 135 Å². The quantitative estimate of drug-likeness (QED) is 0.0430. The summed E-state index contributed by atoms with van der Waals surface area (Å²) < 4.78 is 5.90. The Balaban J connectivity index is 3.56. The van der Waals surface area contributed by atoms with E-state index in [1.807, 2.05) is 0 Å². The Morgan fingerprint density at radius 2 is 0.841 bits per heavy atom. The zero-order valence-corrected chi connectivity index (χ0v) is 29.7. The molecule has 260 valence electrons. The number of rotatable bonds is 36. The van der Waals surface area contributed by atoms with Gasteiger partial charge in [0.1, 0.15) is 6.10 Å². The van der Waals surface area contributed by atoms with Crippen LogP contribution in [0.4, 0.5) is 0 Å². The maximum Gasteiger partial charge on any atom is 0.306 e. The molecule has 0 fully saturated rings. The van der Waals surface area contributed by atoms with Gasteiger partial charge in [0, 0.05) is 12.8 Å². The topological polar surface area (TPSA) is 63.6 Å². The average Bonchev–Trinajstić information content (AvgIpc) is 3.01. The molecule has 0 spiro atoms. The Bertz CT molecular complexity index is 629.